The molecule has 2 amide bonds. The average molecular weight is 406 g/mol. The van der Waals surface area contributed by atoms with E-state index in [1.54, 1.807) is 32.6 Å². The zero-order valence-electron chi connectivity index (χ0n) is 18.6. The molecule has 0 unspecified atom stereocenters. The van der Waals surface area contributed by atoms with Crippen molar-refractivity contribution >= 4 is 17.8 Å². The number of ether oxygens (including phenoxy) is 1. The van der Waals surface area contributed by atoms with Crippen LogP contribution in [0.5, 0.6) is 0 Å². The third-order valence-electron chi connectivity index (χ3n) is 5.30. The fraction of sp³-hybridized carbons (Fsp3) is 0.682. The molecular weight excluding hydrogens is 370 g/mol. The molecule has 1 aromatic heterocycles. The van der Waals surface area contributed by atoms with E-state index in [-0.39, 0.29) is 23.8 Å². The molecule has 2 heterocycles. The first-order valence-electron chi connectivity index (χ1n) is 10.6. The van der Waals surface area contributed by atoms with Crippen LogP contribution in [0.15, 0.2) is 0 Å². The average Bonchev–Trinajstić information content (AvgIpc) is 2.94. The minimum absolute atomic E-state index is 0.0174. The second-order valence-electron chi connectivity index (χ2n) is 8.64. The van der Waals surface area contributed by atoms with Gasteiger partial charge >= 0.3 is 5.97 Å². The van der Waals surface area contributed by atoms with Gasteiger partial charge in [0.2, 0.25) is 5.91 Å². The highest BCUT2D eigenvalue weighted by Gasteiger charge is 2.31. The van der Waals surface area contributed by atoms with Crippen LogP contribution >= 0.6 is 0 Å². The van der Waals surface area contributed by atoms with Crippen LogP contribution in [0.4, 0.5) is 0 Å². The van der Waals surface area contributed by atoms with E-state index in [4.69, 9.17) is 4.74 Å². The lowest BCUT2D eigenvalue weighted by Crippen LogP contribution is -2.46. The zero-order valence-corrected chi connectivity index (χ0v) is 18.6. The molecule has 0 spiro atoms. The summed E-state index contributed by atoms with van der Waals surface area (Å²) >= 11 is 0. The van der Waals surface area contributed by atoms with Crippen LogP contribution in [0.3, 0.4) is 0 Å². The molecule has 7 nitrogen and oxygen atoms in total. The van der Waals surface area contributed by atoms with Crippen molar-refractivity contribution in [1.29, 1.82) is 0 Å². The second-order valence-corrected chi connectivity index (χ2v) is 8.64. The zero-order chi connectivity index (χ0) is 21.7. The van der Waals surface area contributed by atoms with E-state index in [1.807, 2.05) is 0 Å². The topological polar surface area (TPSA) is 91.5 Å². The number of aromatic nitrogens is 1. The van der Waals surface area contributed by atoms with E-state index in [2.05, 4.69) is 24.1 Å². The number of amides is 2. The van der Waals surface area contributed by atoms with Gasteiger partial charge in [0.15, 0.2) is 0 Å². The van der Waals surface area contributed by atoms with Gasteiger partial charge in [0.1, 0.15) is 5.69 Å². The molecule has 2 N–H and O–H groups in total. The summed E-state index contributed by atoms with van der Waals surface area (Å²) in [4.78, 5) is 42.8. The first-order chi connectivity index (χ1) is 13.6. The first-order valence-corrected chi connectivity index (χ1v) is 10.6. The molecule has 0 bridgehead atoms. The predicted molar refractivity (Wildman–Crippen MR) is 112 cm³/mol. The van der Waals surface area contributed by atoms with E-state index in [1.165, 1.54) is 0 Å². The third-order valence-corrected chi connectivity index (χ3v) is 5.30. The molecule has 7 heteroatoms. The summed E-state index contributed by atoms with van der Waals surface area (Å²) < 4.78 is 5.30. The molecule has 2 rings (SSSR count). The first kappa shape index (κ1) is 23.0. The summed E-state index contributed by atoms with van der Waals surface area (Å²) in [6, 6.07) is 0. The minimum atomic E-state index is -0.425. The monoisotopic (exact) mass is 405 g/mol. The number of esters is 1. The number of rotatable bonds is 7. The molecule has 0 aliphatic carbocycles. The van der Waals surface area contributed by atoms with Gasteiger partial charge in [-0.1, -0.05) is 13.8 Å². The number of likely N-dealkylation sites (tertiary alicyclic amines) is 1. The van der Waals surface area contributed by atoms with Crippen molar-refractivity contribution in [2.75, 3.05) is 19.6 Å². The summed E-state index contributed by atoms with van der Waals surface area (Å²) in [5.74, 6) is -0.235. The Balaban J connectivity index is 2.08. The Kier molecular flexibility index (Phi) is 7.88. The lowest BCUT2D eigenvalue weighted by molar-refractivity contribution is -0.126. The molecule has 1 atom stereocenters. The highest BCUT2D eigenvalue weighted by Crippen LogP contribution is 2.24. The number of nitrogens with zero attached hydrogens (tertiary/aromatic N) is 1. The molecule has 1 aliphatic rings. The van der Waals surface area contributed by atoms with Crippen LogP contribution in [0.1, 0.15) is 79.1 Å². The Morgan fingerprint density at radius 3 is 2.52 bits per heavy atom. The van der Waals surface area contributed by atoms with Crippen LogP contribution in [-0.4, -0.2) is 53.4 Å². The normalized spacial score (nSPS) is 17.0. The fourth-order valence-corrected chi connectivity index (χ4v) is 3.71. The van der Waals surface area contributed by atoms with Crippen LogP contribution in [-0.2, 0) is 9.53 Å². The number of carbonyl (C=O) groups is 3. The van der Waals surface area contributed by atoms with Gasteiger partial charge in [0, 0.05) is 25.3 Å². The number of carbonyl (C=O) groups excluding carboxylic acids is 3. The molecule has 1 aliphatic heterocycles. The largest absolute Gasteiger partial charge is 0.459 e. The van der Waals surface area contributed by atoms with Gasteiger partial charge < -0.3 is 19.9 Å². The van der Waals surface area contributed by atoms with E-state index in [9.17, 15) is 14.4 Å². The van der Waals surface area contributed by atoms with Gasteiger partial charge in [-0.25, -0.2) is 4.79 Å². The van der Waals surface area contributed by atoms with Crippen molar-refractivity contribution in [2.45, 2.75) is 66.9 Å². The van der Waals surface area contributed by atoms with Crippen molar-refractivity contribution in [1.82, 2.24) is 15.2 Å². The van der Waals surface area contributed by atoms with Crippen molar-refractivity contribution in [3.63, 3.8) is 0 Å². The molecule has 1 aromatic rings. The summed E-state index contributed by atoms with van der Waals surface area (Å²) in [6.07, 6.45) is 2.28. The Morgan fingerprint density at radius 2 is 1.90 bits per heavy atom. The second kappa shape index (κ2) is 9.94. The maximum atomic E-state index is 13.1. The lowest BCUT2D eigenvalue weighted by atomic mass is 9.96. The van der Waals surface area contributed by atoms with Gasteiger partial charge in [-0.2, -0.15) is 0 Å². The maximum absolute atomic E-state index is 13.1. The Hall–Kier alpha value is -2.31. The number of piperidine rings is 1. The number of nitrogens with one attached hydrogen (secondary N) is 2. The standard InChI is InChI=1S/C22H35N3O4/c1-13(2)9-10-23-20(26)17-8-7-11-25(12-17)21(27)19-15(5)18(16(6)24-19)22(28)29-14(3)4/h13-14,17,24H,7-12H2,1-6H3,(H,23,26)/t17-/m0/s1. The molecule has 0 saturated carbocycles. The van der Waals surface area contributed by atoms with Crippen molar-refractivity contribution in [2.24, 2.45) is 11.8 Å². The van der Waals surface area contributed by atoms with E-state index in [0.717, 1.165) is 19.3 Å². The summed E-state index contributed by atoms with van der Waals surface area (Å²) in [5, 5.41) is 2.99. The molecule has 29 heavy (non-hydrogen) atoms. The molecule has 1 saturated heterocycles. The summed E-state index contributed by atoms with van der Waals surface area (Å²) in [7, 11) is 0. The maximum Gasteiger partial charge on any atom is 0.340 e. The van der Waals surface area contributed by atoms with Crippen LogP contribution in [0.2, 0.25) is 0 Å². The predicted octanol–water partition coefficient (Wildman–Crippen LogP) is 3.21. The summed E-state index contributed by atoms with van der Waals surface area (Å²) in [5.41, 5.74) is 2.04. The highest BCUT2D eigenvalue weighted by atomic mass is 16.5. The molecule has 1 fully saturated rings. The van der Waals surface area contributed by atoms with Crippen LogP contribution in [0.25, 0.3) is 0 Å². The van der Waals surface area contributed by atoms with Crippen molar-refractivity contribution in [3.05, 3.63) is 22.5 Å². The number of H-pyrrole nitrogens is 1. The number of hydrogen-bond donors (Lipinski definition) is 2. The fourth-order valence-electron chi connectivity index (χ4n) is 3.71. The number of aromatic amines is 1. The van der Waals surface area contributed by atoms with Crippen LogP contribution in [0, 0.1) is 25.7 Å². The number of hydrogen-bond acceptors (Lipinski definition) is 4. The van der Waals surface area contributed by atoms with Crippen molar-refractivity contribution in [3.8, 4) is 0 Å². The molecule has 0 radical (unpaired) electrons. The van der Waals surface area contributed by atoms with E-state index in [0.29, 0.717) is 48.1 Å². The Bertz CT molecular complexity index is 751. The SMILES string of the molecule is Cc1[nH]c(C(=O)N2CCC[C@H](C(=O)NCCC(C)C)C2)c(C)c1C(=O)OC(C)C. The van der Waals surface area contributed by atoms with Gasteiger partial charge in [0.05, 0.1) is 17.6 Å². The molecule has 0 aromatic carbocycles. The van der Waals surface area contributed by atoms with Gasteiger partial charge in [-0.05, 0) is 58.4 Å². The van der Waals surface area contributed by atoms with E-state index >= 15 is 0 Å². The third kappa shape index (κ3) is 5.84. The van der Waals surface area contributed by atoms with E-state index < -0.39 is 5.97 Å². The molecular formula is C22H35N3O4. The number of aryl methyl sites for hydroxylation is 1. The Morgan fingerprint density at radius 1 is 1.21 bits per heavy atom. The summed E-state index contributed by atoms with van der Waals surface area (Å²) in [6.45, 7) is 13.0. The molecule has 162 valence electrons. The van der Waals surface area contributed by atoms with Gasteiger partial charge in [0.25, 0.3) is 5.91 Å². The van der Waals surface area contributed by atoms with Crippen LogP contribution < -0.4 is 5.32 Å². The van der Waals surface area contributed by atoms with Crippen molar-refractivity contribution < 1.29 is 19.1 Å². The van der Waals surface area contributed by atoms with Gasteiger partial charge in [-0.3, -0.25) is 9.59 Å². The quantitative estimate of drug-likeness (QED) is 0.682. The smallest absolute Gasteiger partial charge is 0.340 e. The lowest BCUT2D eigenvalue weighted by Gasteiger charge is -2.32. The highest BCUT2D eigenvalue weighted by molar-refractivity contribution is 6.00. The van der Waals surface area contributed by atoms with Gasteiger partial charge in [-0.15, -0.1) is 0 Å². The Labute approximate surface area is 173 Å². The minimum Gasteiger partial charge on any atom is -0.459 e.